The SMILES string of the molecule is NCC(Cc1ccn(C2CCCC2)n1)c1ccccc1Br. The highest BCUT2D eigenvalue weighted by Crippen LogP contribution is 2.30. The summed E-state index contributed by atoms with van der Waals surface area (Å²) in [5.41, 5.74) is 8.41. The summed E-state index contributed by atoms with van der Waals surface area (Å²) >= 11 is 3.63. The number of nitrogens with two attached hydrogens (primary N) is 1. The Hall–Kier alpha value is -1.13. The lowest BCUT2D eigenvalue weighted by Gasteiger charge is -2.16. The predicted molar refractivity (Wildman–Crippen MR) is 89.4 cm³/mol. The average molecular weight is 348 g/mol. The van der Waals surface area contributed by atoms with Crippen LogP contribution in [0.2, 0.25) is 0 Å². The largest absolute Gasteiger partial charge is 0.330 e. The molecule has 1 aromatic heterocycles. The van der Waals surface area contributed by atoms with Crippen LogP contribution in [0.4, 0.5) is 0 Å². The van der Waals surface area contributed by atoms with Crippen molar-refractivity contribution in [3.8, 4) is 0 Å². The average Bonchev–Trinajstić information content (AvgIpc) is 3.16. The Morgan fingerprint density at radius 3 is 2.71 bits per heavy atom. The van der Waals surface area contributed by atoms with Gasteiger partial charge >= 0.3 is 0 Å². The van der Waals surface area contributed by atoms with Crippen LogP contribution in [0.3, 0.4) is 0 Å². The van der Waals surface area contributed by atoms with Crippen molar-refractivity contribution in [2.75, 3.05) is 6.54 Å². The zero-order valence-electron chi connectivity index (χ0n) is 12.2. The van der Waals surface area contributed by atoms with E-state index >= 15 is 0 Å². The van der Waals surface area contributed by atoms with Crippen molar-refractivity contribution in [2.45, 2.75) is 44.1 Å². The van der Waals surface area contributed by atoms with Crippen molar-refractivity contribution in [1.82, 2.24) is 9.78 Å². The van der Waals surface area contributed by atoms with Crippen LogP contribution in [0.25, 0.3) is 0 Å². The van der Waals surface area contributed by atoms with Gasteiger partial charge in [0.05, 0.1) is 11.7 Å². The quantitative estimate of drug-likeness (QED) is 0.886. The Balaban J connectivity index is 1.74. The fourth-order valence-electron chi connectivity index (χ4n) is 3.24. The maximum absolute atomic E-state index is 6.00. The van der Waals surface area contributed by atoms with E-state index in [2.05, 4.69) is 51.1 Å². The molecular formula is C17H22BrN3. The normalized spacial score (nSPS) is 17.2. The number of nitrogens with zero attached hydrogens (tertiary/aromatic N) is 2. The van der Waals surface area contributed by atoms with Gasteiger partial charge in [-0.1, -0.05) is 47.0 Å². The van der Waals surface area contributed by atoms with E-state index in [0.29, 0.717) is 18.5 Å². The summed E-state index contributed by atoms with van der Waals surface area (Å²) in [6.07, 6.45) is 8.25. The van der Waals surface area contributed by atoms with Gasteiger partial charge in [-0.25, -0.2) is 0 Å². The van der Waals surface area contributed by atoms with Gasteiger partial charge in [0.15, 0.2) is 0 Å². The maximum atomic E-state index is 6.00. The van der Waals surface area contributed by atoms with Crippen LogP contribution in [-0.2, 0) is 6.42 Å². The second kappa shape index (κ2) is 6.75. The van der Waals surface area contributed by atoms with Crippen LogP contribution in [0.1, 0.15) is 48.9 Å². The third-order valence-corrected chi connectivity index (χ3v) is 5.17. The van der Waals surface area contributed by atoms with Crippen LogP contribution < -0.4 is 5.73 Å². The van der Waals surface area contributed by atoms with Crippen molar-refractivity contribution in [2.24, 2.45) is 5.73 Å². The molecule has 1 unspecified atom stereocenters. The lowest BCUT2D eigenvalue weighted by Crippen LogP contribution is -2.16. The molecule has 0 radical (unpaired) electrons. The summed E-state index contributed by atoms with van der Waals surface area (Å²) in [5.74, 6) is 0.313. The zero-order chi connectivity index (χ0) is 14.7. The molecule has 3 nitrogen and oxygen atoms in total. The first-order valence-corrected chi connectivity index (χ1v) is 8.55. The summed E-state index contributed by atoms with van der Waals surface area (Å²) in [4.78, 5) is 0. The van der Waals surface area contributed by atoms with Gasteiger partial charge in [-0.3, -0.25) is 4.68 Å². The topological polar surface area (TPSA) is 43.8 Å². The van der Waals surface area contributed by atoms with Gasteiger partial charge in [0.2, 0.25) is 0 Å². The summed E-state index contributed by atoms with van der Waals surface area (Å²) < 4.78 is 3.30. The minimum Gasteiger partial charge on any atom is -0.330 e. The second-order valence-electron chi connectivity index (χ2n) is 5.88. The minimum absolute atomic E-state index is 0.313. The van der Waals surface area contributed by atoms with Crippen LogP contribution in [0.5, 0.6) is 0 Å². The molecule has 1 atom stereocenters. The van der Waals surface area contributed by atoms with E-state index in [9.17, 15) is 0 Å². The molecule has 1 heterocycles. The van der Waals surface area contributed by atoms with Gasteiger partial charge in [-0.2, -0.15) is 5.10 Å². The standard InChI is InChI=1S/C17H22BrN3/c18-17-8-4-3-7-16(17)13(12-19)11-14-9-10-21(20-14)15-5-1-2-6-15/h3-4,7-10,13,15H,1-2,5-6,11-12,19H2. The molecule has 0 amide bonds. The number of halogens is 1. The molecule has 1 fully saturated rings. The van der Waals surface area contributed by atoms with E-state index in [-0.39, 0.29) is 0 Å². The molecule has 112 valence electrons. The molecule has 4 heteroatoms. The maximum Gasteiger partial charge on any atom is 0.0631 e. The van der Waals surface area contributed by atoms with Gasteiger partial charge < -0.3 is 5.73 Å². The summed E-state index contributed by atoms with van der Waals surface area (Å²) in [6, 6.07) is 11.1. The first kappa shape index (κ1) is 14.8. The Labute approximate surface area is 134 Å². The van der Waals surface area contributed by atoms with E-state index < -0.39 is 0 Å². The van der Waals surface area contributed by atoms with Crippen LogP contribution in [0, 0.1) is 0 Å². The molecule has 21 heavy (non-hydrogen) atoms. The summed E-state index contributed by atoms with van der Waals surface area (Å²) in [7, 11) is 0. The van der Waals surface area contributed by atoms with E-state index in [1.807, 2.05) is 6.07 Å². The van der Waals surface area contributed by atoms with Crippen LogP contribution in [0.15, 0.2) is 41.0 Å². The van der Waals surface area contributed by atoms with Crippen molar-refractivity contribution in [3.05, 3.63) is 52.3 Å². The number of rotatable bonds is 5. The van der Waals surface area contributed by atoms with Crippen LogP contribution >= 0.6 is 15.9 Å². The van der Waals surface area contributed by atoms with Gasteiger partial charge in [-0.05, 0) is 43.5 Å². The fourth-order valence-corrected chi connectivity index (χ4v) is 3.85. The molecule has 0 bridgehead atoms. The molecule has 0 saturated heterocycles. The minimum atomic E-state index is 0.313. The van der Waals surface area contributed by atoms with Gasteiger partial charge in [-0.15, -0.1) is 0 Å². The second-order valence-corrected chi connectivity index (χ2v) is 6.74. The van der Waals surface area contributed by atoms with Gasteiger partial charge in [0.25, 0.3) is 0 Å². The molecular weight excluding hydrogens is 326 g/mol. The van der Waals surface area contributed by atoms with Gasteiger partial charge in [0.1, 0.15) is 0 Å². The van der Waals surface area contributed by atoms with Crippen LogP contribution in [-0.4, -0.2) is 16.3 Å². The Kier molecular flexibility index (Phi) is 4.76. The van der Waals surface area contributed by atoms with Crippen molar-refractivity contribution in [3.63, 3.8) is 0 Å². The molecule has 3 rings (SSSR count). The molecule has 1 aliphatic rings. The lowest BCUT2D eigenvalue weighted by molar-refractivity contribution is 0.461. The molecule has 1 saturated carbocycles. The highest BCUT2D eigenvalue weighted by molar-refractivity contribution is 9.10. The zero-order valence-corrected chi connectivity index (χ0v) is 13.8. The van der Waals surface area contributed by atoms with E-state index in [1.165, 1.54) is 31.2 Å². The van der Waals surface area contributed by atoms with Crippen molar-refractivity contribution >= 4 is 15.9 Å². The Morgan fingerprint density at radius 1 is 1.24 bits per heavy atom. The highest BCUT2D eigenvalue weighted by atomic mass is 79.9. The highest BCUT2D eigenvalue weighted by Gasteiger charge is 2.19. The van der Waals surface area contributed by atoms with Crippen molar-refractivity contribution in [1.29, 1.82) is 0 Å². The first-order valence-electron chi connectivity index (χ1n) is 7.76. The number of benzene rings is 1. The molecule has 1 aliphatic carbocycles. The third-order valence-electron chi connectivity index (χ3n) is 4.45. The predicted octanol–water partition coefficient (Wildman–Crippen LogP) is 4.05. The van der Waals surface area contributed by atoms with E-state index in [1.54, 1.807) is 0 Å². The molecule has 0 spiro atoms. The molecule has 1 aromatic carbocycles. The van der Waals surface area contributed by atoms with E-state index in [0.717, 1.165) is 16.6 Å². The molecule has 2 N–H and O–H groups in total. The van der Waals surface area contributed by atoms with E-state index in [4.69, 9.17) is 10.8 Å². The Morgan fingerprint density at radius 2 is 2.00 bits per heavy atom. The summed E-state index contributed by atoms with van der Waals surface area (Å²) in [6.45, 7) is 0.638. The smallest absolute Gasteiger partial charge is 0.0631 e. The Bertz CT molecular complexity index is 587. The number of aromatic nitrogens is 2. The third kappa shape index (κ3) is 3.38. The fraction of sp³-hybridized carbons (Fsp3) is 0.471. The van der Waals surface area contributed by atoms with Gasteiger partial charge in [0, 0.05) is 16.6 Å². The monoisotopic (exact) mass is 347 g/mol. The molecule has 0 aliphatic heterocycles. The summed E-state index contributed by atoms with van der Waals surface area (Å²) in [5, 5.41) is 4.78. The number of hydrogen-bond donors (Lipinski definition) is 1. The lowest BCUT2D eigenvalue weighted by atomic mass is 9.94. The first-order chi connectivity index (χ1) is 10.3. The number of hydrogen-bond acceptors (Lipinski definition) is 2. The van der Waals surface area contributed by atoms with Crippen molar-refractivity contribution < 1.29 is 0 Å². The molecule has 2 aromatic rings.